The van der Waals surface area contributed by atoms with Crippen molar-refractivity contribution in [1.82, 2.24) is 10.4 Å². The number of piperidine rings is 1. The van der Waals surface area contributed by atoms with Gasteiger partial charge in [0.2, 0.25) is 0 Å². The van der Waals surface area contributed by atoms with Crippen LogP contribution in [0.4, 0.5) is 0 Å². The second-order valence-electron chi connectivity index (χ2n) is 4.48. The molecular formula is C11H22N2O3. The van der Waals surface area contributed by atoms with Crippen LogP contribution in [0.2, 0.25) is 0 Å². The number of carbonyl (C=O) groups excluding carboxylic acids is 1. The van der Waals surface area contributed by atoms with E-state index >= 15 is 0 Å². The second kappa shape index (κ2) is 5.61. The monoisotopic (exact) mass is 230 g/mol. The minimum Gasteiger partial charge on any atom is -0.468 e. The summed E-state index contributed by atoms with van der Waals surface area (Å²) in [6.45, 7) is 5.55. The van der Waals surface area contributed by atoms with Gasteiger partial charge in [0, 0.05) is 19.1 Å². The summed E-state index contributed by atoms with van der Waals surface area (Å²) in [4.78, 5) is 17.0. The molecule has 0 saturated carbocycles. The van der Waals surface area contributed by atoms with Crippen molar-refractivity contribution in [1.29, 1.82) is 0 Å². The molecule has 0 amide bonds. The maximum atomic E-state index is 11.9. The third kappa shape index (κ3) is 2.93. The Balaban J connectivity index is 2.70. The van der Waals surface area contributed by atoms with Crippen LogP contribution in [-0.2, 0) is 14.4 Å². The molecule has 0 radical (unpaired) electrons. The Hall–Kier alpha value is -0.650. The quantitative estimate of drug-likeness (QED) is 0.715. The highest BCUT2D eigenvalue weighted by Gasteiger charge is 2.42. The van der Waals surface area contributed by atoms with Crippen molar-refractivity contribution in [2.75, 3.05) is 27.3 Å². The van der Waals surface area contributed by atoms with Crippen molar-refractivity contribution in [3.8, 4) is 0 Å². The largest absolute Gasteiger partial charge is 0.468 e. The first-order chi connectivity index (χ1) is 7.54. The van der Waals surface area contributed by atoms with Crippen LogP contribution in [0.5, 0.6) is 0 Å². The number of ether oxygens (including phenoxy) is 1. The molecule has 1 saturated heterocycles. The maximum absolute atomic E-state index is 11.9. The van der Waals surface area contributed by atoms with E-state index in [1.54, 1.807) is 7.11 Å². The predicted octanol–water partition coefficient (Wildman–Crippen LogP) is 0.553. The lowest BCUT2D eigenvalue weighted by Gasteiger charge is -2.40. The van der Waals surface area contributed by atoms with E-state index in [4.69, 9.17) is 9.57 Å². The van der Waals surface area contributed by atoms with E-state index in [9.17, 15) is 4.79 Å². The molecule has 1 N–H and O–H groups in total. The van der Waals surface area contributed by atoms with Gasteiger partial charge < -0.3 is 9.57 Å². The van der Waals surface area contributed by atoms with Crippen LogP contribution >= 0.6 is 0 Å². The Labute approximate surface area is 97.0 Å². The molecule has 1 aliphatic heterocycles. The topological polar surface area (TPSA) is 50.8 Å². The summed E-state index contributed by atoms with van der Waals surface area (Å²) in [6.07, 6.45) is 1.43. The van der Waals surface area contributed by atoms with Crippen LogP contribution in [0.1, 0.15) is 26.7 Å². The van der Waals surface area contributed by atoms with Crippen molar-refractivity contribution in [2.24, 2.45) is 0 Å². The molecule has 0 unspecified atom stereocenters. The van der Waals surface area contributed by atoms with Crippen LogP contribution in [0.15, 0.2) is 0 Å². The molecule has 0 bridgehead atoms. The fourth-order valence-corrected chi connectivity index (χ4v) is 2.21. The maximum Gasteiger partial charge on any atom is 0.326 e. The zero-order valence-electron chi connectivity index (χ0n) is 10.6. The number of rotatable bonds is 4. The smallest absolute Gasteiger partial charge is 0.326 e. The molecular weight excluding hydrogens is 208 g/mol. The molecule has 0 aliphatic carbocycles. The van der Waals surface area contributed by atoms with Crippen molar-refractivity contribution in [3.05, 3.63) is 0 Å². The molecule has 0 aromatic heterocycles. The average Bonchev–Trinajstić information content (AvgIpc) is 2.28. The first kappa shape index (κ1) is 13.4. The van der Waals surface area contributed by atoms with Crippen LogP contribution in [0.25, 0.3) is 0 Å². The van der Waals surface area contributed by atoms with Gasteiger partial charge in [0.1, 0.15) is 5.54 Å². The van der Waals surface area contributed by atoms with E-state index in [0.717, 1.165) is 13.1 Å². The highest BCUT2D eigenvalue weighted by atomic mass is 16.7. The van der Waals surface area contributed by atoms with Gasteiger partial charge in [-0.2, -0.15) is 5.06 Å². The molecule has 0 spiro atoms. The fourth-order valence-electron chi connectivity index (χ4n) is 2.21. The number of hydrogen-bond acceptors (Lipinski definition) is 5. The standard InChI is InChI=1S/C11H22N2O3/c1-9(2)12-11(10(14)15-3)5-7-13(16-4)8-6-11/h9,12H,5-8H2,1-4H3. The van der Waals surface area contributed by atoms with E-state index in [-0.39, 0.29) is 12.0 Å². The van der Waals surface area contributed by atoms with Gasteiger partial charge in [0.15, 0.2) is 0 Å². The van der Waals surface area contributed by atoms with Crippen molar-refractivity contribution < 1.29 is 14.4 Å². The average molecular weight is 230 g/mol. The van der Waals surface area contributed by atoms with E-state index in [1.165, 1.54) is 7.11 Å². The van der Waals surface area contributed by atoms with Crippen LogP contribution < -0.4 is 5.32 Å². The van der Waals surface area contributed by atoms with Gasteiger partial charge in [-0.3, -0.25) is 10.1 Å². The van der Waals surface area contributed by atoms with Gasteiger partial charge in [-0.25, -0.2) is 0 Å². The SMILES string of the molecule is COC(=O)C1(NC(C)C)CCN(OC)CC1. The number of hydrogen-bond donors (Lipinski definition) is 1. The van der Waals surface area contributed by atoms with E-state index in [0.29, 0.717) is 12.8 Å². The molecule has 0 aromatic rings. The minimum absolute atomic E-state index is 0.169. The number of nitrogens with zero attached hydrogens (tertiary/aromatic N) is 1. The molecule has 0 aromatic carbocycles. The van der Waals surface area contributed by atoms with Gasteiger partial charge in [-0.1, -0.05) is 0 Å². The Morgan fingerprint density at radius 2 is 1.88 bits per heavy atom. The lowest BCUT2D eigenvalue weighted by molar-refractivity contribution is -0.170. The molecule has 1 fully saturated rings. The third-order valence-electron chi connectivity index (χ3n) is 2.98. The van der Waals surface area contributed by atoms with Crippen molar-refractivity contribution >= 4 is 5.97 Å². The summed E-state index contributed by atoms with van der Waals surface area (Å²) in [5.74, 6) is -0.169. The number of nitrogens with one attached hydrogen (secondary N) is 1. The highest BCUT2D eigenvalue weighted by Crippen LogP contribution is 2.24. The van der Waals surface area contributed by atoms with E-state index in [1.807, 2.05) is 18.9 Å². The Kier molecular flexibility index (Phi) is 4.70. The first-order valence-electron chi connectivity index (χ1n) is 5.69. The molecule has 5 nitrogen and oxygen atoms in total. The fraction of sp³-hybridized carbons (Fsp3) is 0.909. The summed E-state index contributed by atoms with van der Waals surface area (Å²) in [5, 5.41) is 5.20. The molecule has 0 atom stereocenters. The molecule has 1 aliphatic rings. The predicted molar refractivity (Wildman–Crippen MR) is 60.8 cm³/mol. The Bertz CT molecular complexity index is 235. The number of esters is 1. The zero-order chi connectivity index (χ0) is 12.2. The number of hydroxylamine groups is 2. The van der Waals surface area contributed by atoms with Gasteiger partial charge in [0.25, 0.3) is 0 Å². The lowest BCUT2D eigenvalue weighted by atomic mass is 9.87. The normalized spacial score (nSPS) is 21.1. The van der Waals surface area contributed by atoms with E-state index < -0.39 is 5.54 Å². The highest BCUT2D eigenvalue weighted by molar-refractivity contribution is 5.81. The van der Waals surface area contributed by atoms with Crippen LogP contribution in [0, 0.1) is 0 Å². The first-order valence-corrected chi connectivity index (χ1v) is 5.69. The van der Waals surface area contributed by atoms with Crippen LogP contribution in [-0.4, -0.2) is 49.9 Å². The zero-order valence-corrected chi connectivity index (χ0v) is 10.6. The molecule has 1 heterocycles. The lowest BCUT2D eigenvalue weighted by Crippen LogP contribution is -2.60. The van der Waals surface area contributed by atoms with Crippen molar-refractivity contribution in [3.63, 3.8) is 0 Å². The van der Waals surface area contributed by atoms with Gasteiger partial charge in [-0.05, 0) is 26.7 Å². The van der Waals surface area contributed by atoms with Crippen LogP contribution in [0.3, 0.4) is 0 Å². The number of carbonyl (C=O) groups is 1. The molecule has 94 valence electrons. The molecule has 1 rings (SSSR count). The summed E-state index contributed by atoms with van der Waals surface area (Å²) >= 11 is 0. The van der Waals surface area contributed by atoms with E-state index in [2.05, 4.69) is 5.32 Å². The summed E-state index contributed by atoms with van der Waals surface area (Å²) in [5.41, 5.74) is -0.544. The molecule has 16 heavy (non-hydrogen) atoms. The third-order valence-corrected chi connectivity index (χ3v) is 2.98. The van der Waals surface area contributed by atoms with Gasteiger partial charge in [0.05, 0.1) is 14.2 Å². The summed E-state index contributed by atoms with van der Waals surface area (Å²) in [7, 11) is 3.09. The second-order valence-corrected chi connectivity index (χ2v) is 4.48. The van der Waals surface area contributed by atoms with Gasteiger partial charge >= 0.3 is 5.97 Å². The summed E-state index contributed by atoms with van der Waals surface area (Å²) < 4.78 is 4.90. The Morgan fingerprint density at radius 1 is 1.31 bits per heavy atom. The van der Waals surface area contributed by atoms with Crippen molar-refractivity contribution in [2.45, 2.75) is 38.3 Å². The minimum atomic E-state index is -0.544. The van der Waals surface area contributed by atoms with Gasteiger partial charge in [-0.15, -0.1) is 0 Å². The summed E-state index contributed by atoms with van der Waals surface area (Å²) in [6, 6.07) is 0.258. The molecule has 5 heteroatoms. The number of methoxy groups -OCH3 is 1. The Morgan fingerprint density at radius 3 is 2.25 bits per heavy atom.